The third-order valence-corrected chi connectivity index (χ3v) is 3.21. The van der Waals surface area contributed by atoms with Gasteiger partial charge in [0.05, 0.1) is 17.8 Å². The Morgan fingerprint density at radius 3 is 2.67 bits per heavy atom. The number of carbonyl (C=O) groups excluding carboxylic acids is 1. The number of hydrogen-bond donors (Lipinski definition) is 0. The van der Waals surface area contributed by atoms with Gasteiger partial charge in [-0.15, -0.1) is 10.2 Å². The molecule has 0 aliphatic rings. The highest BCUT2D eigenvalue weighted by Crippen LogP contribution is 2.26. The van der Waals surface area contributed by atoms with Crippen LogP contribution in [0.5, 0.6) is 0 Å². The largest absolute Gasteiger partial charge is 0.293 e. The summed E-state index contributed by atoms with van der Waals surface area (Å²) in [6, 6.07) is 0. The lowest BCUT2D eigenvalue weighted by Gasteiger charge is -2.15. The summed E-state index contributed by atoms with van der Waals surface area (Å²) in [6.07, 6.45) is 1.98. The lowest BCUT2D eigenvalue weighted by Crippen LogP contribution is -2.17. The molecule has 0 radical (unpaired) electrons. The van der Waals surface area contributed by atoms with E-state index in [1.165, 1.54) is 0 Å². The molecule has 0 aromatic carbocycles. The van der Waals surface area contributed by atoms with Gasteiger partial charge in [0.1, 0.15) is 4.88 Å². The highest BCUT2D eigenvalue weighted by atomic mass is 32.1. The van der Waals surface area contributed by atoms with Crippen LogP contribution >= 0.6 is 11.5 Å². The van der Waals surface area contributed by atoms with Gasteiger partial charge in [-0.3, -0.25) is 9.48 Å². The fraction of sp³-hybridized carbons (Fsp3) is 0.545. The summed E-state index contributed by atoms with van der Waals surface area (Å²) >= 11 is 1.14. The first-order chi connectivity index (χ1) is 8.38. The van der Waals surface area contributed by atoms with Crippen molar-refractivity contribution >= 4 is 17.3 Å². The Morgan fingerprint density at radius 1 is 1.39 bits per heavy atom. The van der Waals surface area contributed by atoms with Gasteiger partial charge in [0.15, 0.2) is 5.78 Å². The number of rotatable bonds is 3. The third kappa shape index (κ3) is 2.61. The maximum Gasteiger partial charge on any atom is 0.182 e. The number of carbonyl (C=O) groups is 1. The predicted octanol–water partition coefficient (Wildman–Crippen LogP) is 1.39. The summed E-state index contributed by atoms with van der Waals surface area (Å²) in [4.78, 5) is 12.8. The summed E-state index contributed by atoms with van der Waals surface area (Å²) in [5, 5.41) is 11.8. The van der Waals surface area contributed by atoms with Gasteiger partial charge in [-0.05, 0) is 11.5 Å². The van der Waals surface area contributed by atoms with Crippen molar-refractivity contribution in [1.82, 2.24) is 24.6 Å². The summed E-state index contributed by atoms with van der Waals surface area (Å²) in [5.41, 5.74) is 1.23. The first-order valence-electron chi connectivity index (χ1n) is 5.59. The van der Waals surface area contributed by atoms with Gasteiger partial charge in [0, 0.05) is 18.7 Å². The van der Waals surface area contributed by atoms with Crippen LogP contribution in [-0.2, 0) is 18.9 Å². The SMILES string of the molecule is Cn1cc(CC(=O)c2snnc2C(C)(C)C)nn1. The van der Waals surface area contributed by atoms with E-state index in [2.05, 4.69) is 19.9 Å². The fourth-order valence-corrected chi connectivity index (χ4v) is 2.40. The smallest absolute Gasteiger partial charge is 0.182 e. The molecule has 2 heterocycles. The Labute approximate surface area is 109 Å². The van der Waals surface area contributed by atoms with Crippen molar-refractivity contribution in [3.63, 3.8) is 0 Å². The van der Waals surface area contributed by atoms with Crippen LogP contribution in [0.3, 0.4) is 0 Å². The second-order valence-corrected chi connectivity index (χ2v) is 5.94. The third-order valence-electron chi connectivity index (χ3n) is 2.44. The Bertz CT molecular complexity index is 566. The molecule has 2 aromatic heterocycles. The molecule has 6 nitrogen and oxygen atoms in total. The van der Waals surface area contributed by atoms with E-state index in [1.807, 2.05) is 20.8 Å². The molecule has 0 aliphatic heterocycles. The first-order valence-corrected chi connectivity index (χ1v) is 6.36. The highest BCUT2D eigenvalue weighted by Gasteiger charge is 2.26. The van der Waals surface area contributed by atoms with Crippen LogP contribution in [0.1, 0.15) is 41.8 Å². The molecule has 0 spiro atoms. The van der Waals surface area contributed by atoms with Crippen molar-refractivity contribution in [3.05, 3.63) is 22.5 Å². The Balaban J connectivity index is 2.22. The Morgan fingerprint density at radius 2 is 2.11 bits per heavy atom. The van der Waals surface area contributed by atoms with Gasteiger partial charge in [-0.1, -0.05) is 30.5 Å². The molecule has 0 amide bonds. The van der Waals surface area contributed by atoms with Gasteiger partial charge in [-0.2, -0.15) is 0 Å². The molecule has 96 valence electrons. The molecular formula is C11H15N5OS. The number of aryl methyl sites for hydroxylation is 1. The summed E-state index contributed by atoms with van der Waals surface area (Å²) in [5.74, 6) is -0.00424. The van der Waals surface area contributed by atoms with Gasteiger partial charge in [0.25, 0.3) is 0 Å². The van der Waals surface area contributed by atoms with Crippen LogP contribution in [-0.4, -0.2) is 30.4 Å². The number of Topliss-reactive ketones (excluding diaryl/α,β-unsaturated/α-hetero) is 1. The van der Waals surface area contributed by atoms with E-state index in [4.69, 9.17) is 0 Å². The zero-order valence-corrected chi connectivity index (χ0v) is 11.7. The maximum absolute atomic E-state index is 12.2. The molecule has 0 fully saturated rings. The van der Waals surface area contributed by atoms with Gasteiger partial charge in [0.2, 0.25) is 0 Å². The van der Waals surface area contributed by atoms with Gasteiger partial charge >= 0.3 is 0 Å². The minimum atomic E-state index is -0.180. The Hall–Kier alpha value is -1.63. The zero-order valence-electron chi connectivity index (χ0n) is 10.8. The van der Waals surface area contributed by atoms with Crippen molar-refractivity contribution in [2.24, 2.45) is 7.05 Å². The van der Waals surface area contributed by atoms with Crippen LogP contribution < -0.4 is 0 Å². The van der Waals surface area contributed by atoms with Crippen LogP contribution in [0.15, 0.2) is 6.20 Å². The number of ketones is 1. The average molecular weight is 265 g/mol. The highest BCUT2D eigenvalue weighted by molar-refractivity contribution is 7.08. The molecule has 0 unspecified atom stereocenters. The van der Waals surface area contributed by atoms with E-state index in [9.17, 15) is 4.79 Å². The Kier molecular flexibility index (Phi) is 3.25. The monoisotopic (exact) mass is 265 g/mol. The van der Waals surface area contributed by atoms with Crippen molar-refractivity contribution < 1.29 is 4.79 Å². The van der Waals surface area contributed by atoms with E-state index >= 15 is 0 Å². The van der Waals surface area contributed by atoms with E-state index in [-0.39, 0.29) is 17.6 Å². The van der Waals surface area contributed by atoms with E-state index in [0.29, 0.717) is 10.6 Å². The zero-order chi connectivity index (χ0) is 13.3. The molecule has 0 N–H and O–H groups in total. The summed E-state index contributed by atoms with van der Waals surface area (Å²) in [6.45, 7) is 6.05. The molecule has 0 atom stereocenters. The quantitative estimate of drug-likeness (QED) is 0.784. The van der Waals surface area contributed by atoms with Crippen molar-refractivity contribution in [3.8, 4) is 0 Å². The molecule has 0 saturated heterocycles. The van der Waals surface area contributed by atoms with Crippen molar-refractivity contribution in [2.75, 3.05) is 0 Å². The molecule has 0 bridgehead atoms. The van der Waals surface area contributed by atoms with E-state index in [1.54, 1.807) is 17.9 Å². The molecular weight excluding hydrogens is 250 g/mol. The van der Waals surface area contributed by atoms with Crippen LogP contribution in [0, 0.1) is 0 Å². The standard InChI is InChI=1S/C11H15N5OS/c1-11(2,3)10-9(18-15-13-10)8(17)5-7-6-16(4)14-12-7/h6H,5H2,1-4H3. The van der Waals surface area contributed by atoms with Crippen LogP contribution in [0.25, 0.3) is 0 Å². The second-order valence-electron chi connectivity index (χ2n) is 5.18. The summed E-state index contributed by atoms with van der Waals surface area (Å²) in [7, 11) is 1.77. The van der Waals surface area contributed by atoms with Crippen molar-refractivity contribution in [2.45, 2.75) is 32.6 Å². The maximum atomic E-state index is 12.2. The summed E-state index contributed by atoms with van der Waals surface area (Å²) < 4.78 is 5.47. The predicted molar refractivity (Wildman–Crippen MR) is 67.6 cm³/mol. The topological polar surface area (TPSA) is 73.6 Å². The minimum absolute atomic E-state index is 0.00424. The second kappa shape index (κ2) is 4.56. The van der Waals surface area contributed by atoms with Crippen LogP contribution in [0.4, 0.5) is 0 Å². The molecule has 2 rings (SSSR count). The molecule has 0 saturated carbocycles. The molecule has 2 aromatic rings. The molecule has 7 heteroatoms. The number of aromatic nitrogens is 5. The van der Waals surface area contributed by atoms with E-state index in [0.717, 1.165) is 17.2 Å². The number of nitrogens with zero attached hydrogens (tertiary/aromatic N) is 5. The lowest BCUT2D eigenvalue weighted by atomic mass is 9.90. The molecule has 18 heavy (non-hydrogen) atoms. The average Bonchev–Trinajstić information content (AvgIpc) is 2.85. The molecule has 0 aliphatic carbocycles. The van der Waals surface area contributed by atoms with Crippen LogP contribution in [0.2, 0.25) is 0 Å². The van der Waals surface area contributed by atoms with E-state index < -0.39 is 0 Å². The minimum Gasteiger partial charge on any atom is -0.293 e. The van der Waals surface area contributed by atoms with Gasteiger partial charge < -0.3 is 0 Å². The normalized spacial score (nSPS) is 11.8. The first kappa shape index (κ1) is 12.8. The lowest BCUT2D eigenvalue weighted by molar-refractivity contribution is 0.0993. The van der Waals surface area contributed by atoms with Gasteiger partial charge in [-0.25, -0.2) is 0 Å². The fourth-order valence-electron chi connectivity index (χ4n) is 1.59. The van der Waals surface area contributed by atoms with Crippen molar-refractivity contribution in [1.29, 1.82) is 0 Å². The number of hydrogen-bond acceptors (Lipinski definition) is 6.